The molecule has 1 fully saturated rings. The van der Waals surface area contributed by atoms with Gasteiger partial charge in [0.15, 0.2) is 0 Å². The fraction of sp³-hybridized carbons (Fsp3) is 0.316. The van der Waals surface area contributed by atoms with Crippen molar-refractivity contribution in [2.75, 3.05) is 0 Å². The van der Waals surface area contributed by atoms with Crippen molar-refractivity contribution in [3.8, 4) is 0 Å². The lowest BCUT2D eigenvalue weighted by molar-refractivity contribution is -0.127. The van der Waals surface area contributed by atoms with Crippen LogP contribution in [0.15, 0.2) is 48.5 Å². The average Bonchev–Trinajstić information content (AvgIpc) is 2.42. The lowest BCUT2D eigenvalue weighted by atomic mass is 9.61. The smallest absolute Gasteiger partial charge is 0.147 e. The Kier molecular flexibility index (Phi) is 3.86. The lowest BCUT2D eigenvalue weighted by Gasteiger charge is -2.41. The summed E-state index contributed by atoms with van der Waals surface area (Å²) in [6.45, 7) is 2.01. The molecular formula is C19H19ClO. The number of ketones is 1. The van der Waals surface area contributed by atoms with Crippen molar-refractivity contribution in [3.63, 3.8) is 0 Å². The van der Waals surface area contributed by atoms with Crippen LogP contribution in [0.4, 0.5) is 0 Å². The van der Waals surface area contributed by atoms with Gasteiger partial charge in [0.05, 0.1) is 5.41 Å². The summed E-state index contributed by atoms with van der Waals surface area (Å²) >= 11 is 6.28. The fourth-order valence-corrected chi connectivity index (χ4v) is 3.46. The molecule has 0 saturated heterocycles. The van der Waals surface area contributed by atoms with E-state index in [-0.39, 0.29) is 5.41 Å². The highest BCUT2D eigenvalue weighted by Gasteiger charge is 2.44. The lowest BCUT2D eigenvalue weighted by Crippen LogP contribution is -2.43. The number of aryl methyl sites for hydroxylation is 1. The first-order valence-electron chi connectivity index (χ1n) is 7.46. The van der Waals surface area contributed by atoms with Gasteiger partial charge in [0.2, 0.25) is 0 Å². The largest absolute Gasteiger partial charge is 0.298 e. The van der Waals surface area contributed by atoms with Crippen LogP contribution in [0.5, 0.6) is 0 Å². The number of benzene rings is 2. The number of carbonyl (C=O) groups excluding carboxylic acids is 1. The van der Waals surface area contributed by atoms with Gasteiger partial charge in [-0.2, -0.15) is 0 Å². The van der Waals surface area contributed by atoms with Crippen LogP contribution < -0.4 is 0 Å². The molecule has 1 nitrogen and oxygen atoms in total. The molecule has 2 aromatic carbocycles. The summed E-state index contributed by atoms with van der Waals surface area (Å²) in [6.07, 6.45) is 3.47. The van der Waals surface area contributed by atoms with E-state index in [1.165, 1.54) is 0 Å². The van der Waals surface area contributed by atoms with Gasteiger partial charge in [-0.05, 0) is 42.5 Å². The third kappa shape index (κ3) is 2.63. The molecule has 0 heterocycles. The first-order valence-corrected chi connectivity index (χ1v) is 7.83. The van der Waals surface area contributed by atoms with Crippen LogP contribution in [0, 0.1) is 6.92 Å². The van der Waals surface area contributed by atoms with Gasteiger partial charge in [-0.25, -0.2) is 0 Å². The number of rotatable bonds is 4. The maximum absolute atomic E-state index is 12.9. The third-order valence-electron chi connectivity index (χ3n) is 4.63. The van der Waals surface area contributed by atoms with E-state index in [2.05, 4.69) is 12.1 Å². The number of carbonyl (C=O) groups is 1. The Labute approximate surface area is 131 Å². The summed E-state index contributed by atoms with van der Waals surface area (Å²) < 4.78 is 0. The van der Waals surface area contributed by atoms with Crippen LogP contribution in [0.25, 0.3) is 0 Å². The molecule has 0 amide bonds. The van der Waals surface area contributed by atoms with Crippen LogP contribution in [0.2, 0.25) is 5.02 Å². The standard InChI is InChI=1S/C19H19ClO/c1-14-8-9-15(17(20)12-14)13-18(21)19(10-5-11-19)16-6-3-2-4-7-16/h2-4,6-9,12H,5,10-11,13H2,1H3. The molecule has 1 aliphatic rings. The normalized spacial score (nSPS) is 16.3. The van der Waals surface area contributed by atoms with Crippen LogP contribution in [0.1, 0.15) is 36.0 Å². The molecule has 21 heavy (non-hydrogen) atoms. The van der Waals surface area contributed by atoms with Crippen molar-refractivity contribution >= 4 is 17.4 Å². The number of hydrogen-bond acceptors (Lipinski definition) is 1. The van der Waals surface area contributed by atoms with Gasteiger partial charge >= 0.3 is 0 Å². The number of Topliss-reactive ketones (excluding diaryl/α,β-unsaturated/α-hetero) is 1. The highest BCUT2D eigenvalue weighted by molar-refractivity contribution is 6.31. The summed E-state index contributed by atoms with van der Waals surface area (Å²) in [7, 11) is 0. The second-order valence-electron chi connectivity index (χ2n) is 6.00. The van der Waals surface area contributed by atoms with Crippen LogP contribution in [-0.4, -0.2) is 5.78 Å². The van der Waals surface area contributed by atoms with Gasteiger partial charge < -0.3 is 0 Å². The molecule has 0 atom stereocenters. The summed E-state index contributed by atoms with van der Waals surface area (Å²) in [6, 6.07) is 16.1. The molecule has 108 valence electrons. The van der Waals surface area contributed by atoms with E-state index in [1.807, 2.05) is 43.3 Å². The first-order chi connectivity index (χ1) is 10.1. The Morgan fingerprint density at radius 1 is 1.14 bits per heavy atom. The Morgan fingerprint density at radius 3 is 2.43 bits per heavy atom. The minimum absolute atomic E-state index is 0.282. The van der Waals surface area contributed by atoms with Crippen LogP contribution >= 0.6 is 11.6 Å². The Bertz CT molecular complexity index is 657. The molecule has 0 bridgehead atoms. The molecule has 0 unspecified atom stereocenters. The van der Waals surface area contributed by atoms with E-state index in [1.54, 1.807) is 0 Å². The molecule has 0 spiro atoms. The second-order valence-corrected chi connectivity index (χ2v) is 6.40. The predicted octanol–water partition coefficient (Wildman–Crippen LogP) is 4.88. The van der Waals surface area contributed by atoms with Crippen LogP contribution in [0.3, 0.4) is 0 Å². The zero-order valence-corrected chi connectivity index (χ0v) is 13.0. The Morgan fingerprint density at radius 2 is 1.86 bits per heavy atom. The second kappa shape index (κ2) is 5.65. The van der Waals surface area contributed by atoms with Crippen molar-refractivity contribution in [3.05, 3.63) is 70.2 Å². The summed E-state index contributed by atoms with van der Waals surface area (Å²) in [5.41, 5.74) is 2.94. The Balaban J connectivity index is 1.87. The molecule has 0 N–H and O–H groups in total. The Hall–Kier alpha value is -1.60. The van der Waals surface area contributed by atoms with Gasteiger partial charge in [-0.15, -0.1) is 0 Å². The molecule has 3 rings (SSSR count). The minimum atomic E-state index is -0.282. The highest BCUT2D eigenvalue weighted by atomic mass is 35.5. The van der Waals surface area contributed by atoms with Gasteiger partial charge in [-0.1, -0.05) is 60.5 Å². The first kappa shape index (κ1) is 14.3. The van der Waals surface area contributed by atoms with Gasteiger partial charge in [-0.3, -0.25) is 4.79 Å². The maximum atomic E-state index is 12.9. The van der Waals surface area contributed by atoms with E-state index in [4.69, 9.17) is 11.6 Å². The molecule has 0 aromatic heterocycles. The van der Waals surface area contributed by atoms with Crippen molar-refractivity contribution < 1.29 is 4.79 Å². The average molecular weight is 299 g/mol. The predicted molar refractivity (Wildman–Crippen MR) is 86.9 cm³/mol. The summed E-state index contributed by atoms with van der Waals surface area (Å²) in [5, 5.41) is 0.700. The summed E-state index contributed by atoms with van der Waals surface area (Å²) in [5.74, 6) is 0.297. The zero-order chi connectivity index (χ0) is 14.9. The molecule has 1 saturated carbocycles. The highest BCUT2D eigenvalue weighted by Crippen LogP contribution is 2.45. The summed E-state index contributed by atoms with van der Waals surface area (Å²) in [4.78, 5) is 12.9. The quantitative estimate of drug-likeness (QED) is 0.786. The minimum Gasteiger partial charge on any atom is -0.298 e. The SMILES string of the molecule is Cc1ccc(CC(=O)C2(c3ccccc3)CCC2)c(Cl)c1. The van der Waals surface area contributed by atoms with Crippen molar-refractivity contribution in [2.45, 2.75) is 38.0 Å². The van der Waals surface area contributed by atoms with Gasteiger partial charge in [0.1, 0.15) is 5.78 Å². The molecule has 0 radical (unpaired) electrons. The van der Waals surface area contributed by atoms with Crippen molar-refractivity contribution in [1.82, 2.24) is 0 Å². The number of hydrogen-bond donors (Lipinski definition) is 0. The topological polar surface area (TPSA) is 17.1 Å². The monoisotopic (exact) mass is 298 g/mol. The van der Waals surface area contributed by atoms with E-state index in [9.17, 15) is 4.79 Å². The molecule has 2 heteroatoms. The molecular weight excluding hydrogens is 280 g/mol. The molecule has 2 aromatic rings. The van der Waals surface area contributed by atoms with E-state index >= 15 is 0 Å². The maximum Gasteiger partial charge on any atom is 0.147 e. The van der Waals surface area contributed by atoms with Crippen molar-refractivity contribution in [2.24, 2.45) is 0 Å². The van der Waals surface area contributed by atoms with Gasteiger partial charge in [0.25, 0.3) is 0 Å². The fourth-order valence-electron chi connectivity index (χ4n) is 3.15. The van der Waals surface area contributed by atoms with Gasteiger partial charge in [0, 0.05) is 11.4 Å². The van der Waals surface area contributed by atoms with E-state index in [0.29, 0.717) is 17.2 Å². The van der Waals surface area contributed by atoms with Crippen LogP contribution in [-0.2, 0) is 16.6 Å². The third-order valence-corrected chi connectivity index (χ3v) is 4.98. The molecule has 0 aliphatic heterocycles. The molecule has 1 aliphatic carbocycles. The van der Waals surface area contributed by atoms with E-state index < -0.39 is 0 Å². The number of halogens is 1. The van der Waals surface area contributed by atoms with E-state index in [0.717, 1.165) is 36.0 Å². The zero-order valence-electron chi connectivity index (χ0n) is 12.2. The van der Waals surface area contributed by atoms with Crippen molar-refractivity contribution in [1.29, 1.82) is 0 Å².